The van der Waals surface area contributed by atoms with Crippen LogP contribution in [0, 0.1) is 5.82 Å². The Labute approximate surface area is 99.5 Å². The molecular formula is C10H7ClFN3O2. The number of nitrogens with zero attached hydrogens (tertiary/aromatic N) is 2. The van der Waals surface area contributed by atoms with Gasteiger partial charge in [0.25, 0.3) is 5.56 Å². The molecule has 0 saturated heterocycles. The summed E-state index contributed by atoms with van der Waals surface area (Å²) in [6, 6.07) is 3.33. The van der Waals surface area contributed by atoms with Gasteiger partial charge >= 0.3 is 5.69 Å². The second-order valence-corrected chi connectivity index (χ2v) is 3.69. The van der Waals surface area contributed by atoms with Gasteiger partial charge in [0.2, 0.25) is 5.82 Å². The first kappa shape index (κ1) is 11.5. The van der Waals surface area contributed by atoms with E-state index in [1.807, 2.05) is 4.98 Å². The van der Waals surface area contributed by atoms with E-state index in [1.165, 1.54) is 6.20 Å². The maximum absolute atomic E-state index is 13.2. The molecule has 2 rings (SSSR count). The monoisotopic (exact) mass is 255 g/mol. The first-order chi connectivity index (χ1) is 8.09. The first-order valence-corrected chi connectivity index (χ1v) is 5.04. The van der Waals surface area contributed by atoms with Gasteiger partial charge in [-0.2, -0.15) is 4.39 Å². The molecule has 2 heterocycles. The van der Waals surface area contributed by atoms with Crippen molar-refractivity contribution in [3.8, 4) is 0 Å². The number of aromatic amines is 1. The van der Waals surface area contributed by atoms with Crippen molar-refractivity contribution in [2.45, 2.75) is 6.54 Å². The van der Waals surface area contributed by atoms with Gasteiger partial charge in [-0.05, 0) is 11.6 Å². The third-order valence-electron chi connectivity index (χ3n) is 2.15. The van der Waals surface area contributed by atoms with Gasteiger partial charge in [0.05, 0.1) is 6.54 Å². The summed E-state index contributed by atoms with van der Waals surface area (Å²) in [5, 5.41) is -0.581. The van der Waals surface area contributed by atoms with E-state index in [-0.39, 0.29) is 6.54 Å². The third kappa shape index (κ3) is 2.26. The molecule has 0 radical (unpaired) electrons. The smallest absolute Gasteiger partial charge is 0.295 e. The molecule has 0 aliphatic heterocycles. The molecule has 17 heavy (non-hydrogen) atoms. The van der Waals surface area contributed by atoms with Crippen LogP contribution in [0.5, 0.6) is 0 Å². The fourth-order valence-electron chi connectivity index (χ4n) is 1.34. The van der Waals surface area contributed by atoms with Crippen LogP contribution in [0.25, 0.3) is 0 Å². The van der Waals surface area contributed by atoms with Crippen molar-refractivity contribution in [1.82, 2.24) is 14.5 Å². The van der Waals surface area contributed by atoms with Gasteiger partial charge < -0.3 is 0 Å². The minimum absolute atomic E-state index is 0.0594. The summed E-state index contributed by atoms with van der Waals surface area (Å²) in [5.41, 5.74) is -1.20. The molecule has 0 bridgehead atoms. The van der Waals surface area contributed by atoms with Crippen LogP contribution in [0.2, 0.25) is 5.15 Å². The van der Waals surface area contributed by atoms with Gasteiger partial charge in [-0.3, -0.25) is 19.3 Å². The molecule has 0 aromatic carbocycles. The Kier molecular flexibility index (Phi) is 3.06. The summed E-state index contributed by atoms with van der Waals surface area (Å²) in [6.45, 7) is -0.0594. The predicted molar refractivity (Wildman–Crippen MR) is 59.6 cm³/mol. The molecule has 0 unspecified atom stereocenters. The quantitative estimate of drug-likeness (QED) is 0.806. The molecule has 5 nitrogen and oxygen atoms in total. The lowest BCUT2D eigenvalue weighted by Crippen LogP contribution is -2.37. The van der Waals surface area contributed by atoms with Gasteiger partial charge in [0.15, 0.2) is 5.15 Å². The number of hydrogen-bond donors (Lipinski definition) is 1. The van der Waals surface area contributed by atoms with Gasteiger partial charge in [0, 0.05) is 12.4 Å². The Hall–Kier alpha value is -1.95. The van der Waals surface area contributed by atoms with E-state index in [0.29, 0.717) is 5.56 Å². The largest absolute Gasteiger partial charge is 0.329 e. The number of halogens is 2. The lowest BCUT2D eigenvalue weighted by Gasteiger charge is -2.04. The fourth-order valence-corrected chi connectivity index (χ4v) is 1.50. The maximum atomic E-state index is 13.2. The highest BCUT2D eigenvalue weighted by Gasteiger charge is 2.12. The highest BCUT2D eigenvalue weighted by atomic mass is 35.5. The van der Waals surface area contributed by atoms with Crippen molar-refractivity contribution in [1.29, 1.82) is 0 Å². The Morgan fingerprint density at radius 1 is 1.47 bits per heavy atom. The first-order valence-electron chi connectivity index (χ1n) is 4.66. The van der Waals surface area contributed by atoms with E-state index in [2.05, 4.69) is 4.98 Å². The van der Waals surface area contributed by atoms with E-state index in [0.717, 1.165) is 4.57 Å². The summed E-state index contributed by atoms with van der Waals surface area (Å²) in [5.74, 6) is -1.17. The lowest BCUT2D eigenvalue weighted by atomic mass is 10.3. The summed E-state index contributed by atoms with van der Waals surface area (Å²) in [7, 11) is 0. The lowest BCUT2D eigenvalue weighted by molar-refractivity contribution is 0.557. The van der Waals surface area contributed by atoms with Gasteiger partial charge in [-0.1, -0.05) is 17.7 Å². The Bertz CT molecular complexity index is 651. The fraction of sp³-hybridized carbons (Fsp3) is 0.100. The molecule has 0 amide bonds. The van der Waals surface area contributed by atoms with Crippen molar-refractivity contribution in [3.05, 3.63) is 61.9 Å². The van der Waals surface area contributed by atoms with E-state index in [9.17, 15) is 14.0 Å². The van der Waals surface area contributed by atoms with Crippen LogP contribution in [-0.2, 0) is 6.54 Å². The molecular weight excluding hydrogens is 249 g/mol. The molecule has 88 valence electrons. The summed E-state index contributed by atoms with van der Waals surface area (Å²) >= 11 is 5.34. The minimum Gasteiger partial charge on any atom is -0.295 e. The third-order valence-corrected chi connectivity index (χ3v) is 2.41. The number of nitrogens with one attached hydrogen (secondary N) is 1. The van der Waals surface area contributed by atoms with Gasteiger partial charge in [-0.15, -0.1) is 0 Å². The van der Waals surface area contributed by atoms with E-state index < -0.39 is 22.2 Å². The molecule has 0 aliphatic rings. The van der Waals surface area contributed by atoms with Crippen LogP contribution in [-0.4, -0.2) is 14.5 Å². The highest BCUT2D eigenvalue weighted by molar-refractivity contribution is 6.29. The average Bonchev–Trinajstić information content (AvgIpc) is 2.33. The Balaban J connectivity index is 2.51. The number of hydrogen-bond acceptors (Lipinski definition) is 3. The van der Waals surface area contributed by atoms with Crippen molar-refractivity contribution < 1.29 is 4.39 Å². The van der Waals surface area contributed by atoms with Crippen LogP contribution < -0.4 is 11.2 Å². The van der Waals surface area contributed by atoms with E-state index in [4.69, 9.17) is 11.6 Å². The normalized spacial score (nSPS) is 10.5. The standard InChI is InChI=1S/C10H7ClFN3O2/c11-8-7(12)9(16)15(10(17)14-8)5-6-2-1-3-13-4-6/h1-4H,5H2,(H,14,17). The van der Waals surface area contributed by atoms with Crippen molar-refractivity contribution >= 4 is 11.6 Å². The second-order valence-electron chi connectivity index (χ2n) is 3.31. The number of rotatable bonds is 2. The zero-order valence-electron chi connectivity index (χ0n) is 8.48. The topological polar surface area (TPSA) is 67.8 Å². The zero-order chi connectivity index (χ0) is 12.4. The average molecular weight is 256 g/mol. The van der Waals surface area contributed by atoms with Crippen LogP contribution in [0.1, 0.15) is 5.56 Å². The molecule has 2 aromatic heterocycles. The van der Waals surface area contributed by atoms with Gasteiger partial charge in [-0.25, -0.2) is 4.79 Å². The molecule has 0 spiro atoms. The minimum atomic E-state index is -1.17. The van der Waals surface area contributed by atoms with Crippen LogP contribution in [0.15, 0.2) is 34.1 Å². The molecule has 0 aliphatic carbocycles. The second kappa shape index (κ2) is 4.50. The summed E-state index contributed by atoms with van der Waals surface area (Å²) in [4.78, 5) is 28.8. The molecule has 2 aromatic rings. The molecule has 0 fully saturated rings. The Morgan fingerprint density at radius 3 is 2.88 bits per heavy atom. The summed E-state index contributed by atoms with van der Waals surface area (Å²) in [6.07, 6.45) is 3.04. The molecule has 0 saturated carbocycles. The SMILES string of the molecule is O=c1[nH]c(Cl)c(F)c(=O)n1Cc1cccnc1. The molecule has 0 atom stereocenters. The summed E-state index contributed by atoms with van der Waals surface area (Å²) < 4.78 is 13.9. The van der Waals surface area contributed by atoms with E-state index in [1.54, 1.807) is 18.3 Å². The van der Waals surface area contributed by atoms with E-state index >= 15 is 0 Å². The Morgan fingerprint density at radius 2 is 2.24 bits per heavy atom. The molecule has 7 heteroatoms. The van der Waals surface area contributed by atoms with Crippen molar-refractivity contribution in [2.24, 2.45) is 0 Å². The van der Waals surface area contributed by atoms with Crippen LogP contribution >= 0.6 is 11.6 Å². The highest BCUT2D eigenvalue weighted by Crippen LogP contribution is 2.03. The molecule has 1 N–H and O–H groups in total. The number of aromatic nitrogens is 3. The number of pyridine rings is 1. The van der Waals surface area contributed by atoms with Crippen molar-refractivity contribution in [2.75, 3.05) is 0 Å². The number of H-pyrrole nitrogens is 1. The predicted octanol–water partition coefficient (Wildman–Crippen LogP) is 0.772. The zero-order valence-corrected chi connectivity index (χ0v) is 9.24. The maximum Gasteiger partial charge on any atom is 0.329 e. The van der Waals surface area contributed by atoms with Crippen LogP contribution in [0.4, 0.5) is 4.39 Å². The van der Waals surface area contributed by atoms with Crippen molar-refractivity contribution in [3.63, 3.8) is 0 Å². The van der Waals surface area contributed by atoms with Crippen LogP contribution in [0.3, 0.4) is 0 Å². The van der Waals surface area contributed by atoms with Gasteiger partial charge in [0.1, 0.15) is 0 Å².